The number of likely N-dealkylation sites (N-methyl/N-ethyl adjacent to an activating group) is 1. The van der Waals surface area contributed by atoms with Crippen molar-refractivity contribution in [1.29, 1.82) is 0 Å². The Balaban J connectivity index is 2.51. The van der Waals surface area contributed by atoms with Crippen LogP contribution in [0.1, 0.15) is 26.0 Å². The second-order valence-electron chi connectivity index (χ2n) is 4.12. The quantitative estimate of drug-likeness (QED) is 0.674. The topological polar surface area (TPSA) is 50.3 Å². The highest BCUT2D eigenvalue weighted by molar-refractivity contribution is 5.35. The zero-order chi connectivity index (χ0) is 13.2. The SMILES string of the molecule is CCCNCc1cnc(N(CC)CCOC)cn1. The summed E-state index contributed by atoms with van der Waals surface area (Å²) in [5.74, 6) is 0.911. The molecule has 0 spiro atoms. The van der Waals surface area contributed by atoms with Gasteiger partial charge < -0.3 is 15.0 Å². The normalized spacial score (nSPS) is 10.6. The van der Waals surface area contributed by atoms with E-state index in [1.807, 2.05) is 12.4 Å². The molecule has 18 heavy (non-hydrogen) atoms. The molecule has 5 nitrogen and oxygen atoms in total. The lowest BCUT2D eigenvalue weighted by Crippen LogP contribution is -2.28. The minimum Gasteiger partial charge on any atom is -0.383 e. The third kappa shape index (κ3) is 4.98. The smallest absolute Gasteiger partial charge is 0.147 e. The van der Waals surface area contributed by atoms with Crippen molar-refractivity contribution in [2.75, 3.05) is 38.3 Å². The molecule has 1 aromatic rings. The average Bonchev–Trinajstić information content (AvgIpc) is 2.41. The van der Waals surface area contributed by atoms with E-state index in [1.165, 1.54) is 0 Å². The van der Waals surface area contributed by atoms with Gasteiger partial charge in [0.2, 0.25) is 0 Å². The van der Waals surface area contributed by atoms with Crippen molar-refractivity contribution in [3.05, 3.63) is 18.1 Å². The first-order valence-electron chi connectivity index (χ1n) is 6.57. The van der Waals surface area contributed by atoms with E-state index in [2.05, 4.69) is 34.0 Å². The van der Waals surface area contributed by atoms with Crippen LogP contribution in [0.25, 0.3) is 0 Å². The van der Waals surface area contributed by atoms with Gasteiger partial charge in [0, 0.05) is 26.7 Å². The number of anilines is 1. The molecule has 0 saturated carbocycles. The maximum Gasteiger partial charge on any atom is 0.147 e. The van der Waals surface area contributed by atoms with Gasteiger partial charge in [-0.25, -0.2) is 4.98 Å². The molecule has 0 fully saturated rings. The minimum absolute atomic E-state index is 0.704. The second-order valence-corrected chi connectivity index (χ2v) is 4.12. The first-order chi connectivity index (χ1) is 8.81. The monoisotopic (exact) mass is 252 g/mol. The molecule has 0 aromatic carbocycles. The number of ether oxygens (including phenoxy) is 1. The molecule has 1 rings (SSSR count). The second kappa shape index (κ2) is 8.83. The number of aromatic nitrogens is 2. The zero-order valence-corrected chi connectivity index (χ0v) is 11.6. The molecule has 0 bridgehead atoms. The lowest BCUT2D eigenvalue weighted by atomic mass is 10.4. The summed E-state index contributed by atoms with van der Waals surface area (Å²) in [5, 5.41) is 3.31. The Morgan fingerprint density at radius 2 is 2.11 bits per heavy atom. The van der Waals surface area contributed by atoms with Crippen LogP contribution in [-0.2, 0) is 11.3 Å². The van der Waals surface area contributed by atoms with E-state index in [1.54, 1.807) is 7.11 Å². The van der Waals surface area contributed by atoms with Gasteiger partial charge in [-0.1, -0.05) is 6.92 Å². The Morgan fingerprint density at radius 3 is 2.67 bits per heavy atom. The van der Waals surface area contributed by atoms with Crippen molar-refractivity contribution >= 4 is 5.82 Å². The molecule has 1 aromatic heterocycles. The Kier molecular flexibility index (Phi) is 7.29. The van der Waals surface area contributed by atoms with E-state index in [0.717, 1.165) is 44.1 Å². The number of hydrogen-bond acceptors (Lipinski definition) is 5. The van der Waals surface area contributed by atoms with Gasteiger partial charge in [0.05, 0.1) is 24.7 Å². The summed E-state index contributed by atoms with van der Waals surface area (Å²) >= 11 is 0. The molecule has 1 N–H and O–H groups in total. The zero-order valence-electron chi connectivity index (χ0n) is 11.6. The number of nitrogens with one attached hydrogen (secondary N) is 1. The third-order valence-electron chi connectivity index (χ3n) is 2.70. The highest BCUT2D eigenvalue weighted by Gasteiger charge is 2.05. The highest BCUT2D eigenvalue weighted by atomic mass is 16.5. The molecule has 0 aliphatic heterocycles. The standard InChI is InChI=1S/C13H24N4O/c1-4-6-14-9-12-10-16-13(11-15-12)17(5-2)7-8-18-3/h10-11,14H,4-9H2,1-3H3. The van der Waals surface area contributed by atoms with E-state index in [9.17, 15) is 0 Å². The summed E-state index contributed by atoms with van der Waals surface area (Å²) in [5.41, 5.74) is 0.981. The minimum atomic E-state index is 0.704. The van der Waals surface area contributed by atoms with Crippen LogP contribution in [-0.4, -0.2) is 43.3 Å². The van der Waals surface area contributed by atoms with Crippen LogP contribution in [0.3, 0.4) is 0 Å². The molecule has 0 unspecified atom stereocenters. The molecule has 0 amide bonds. The van der Waals surface area contributed by atoms with Crippen molar-refractivity contribution in [2.24, 2.45) is 0 Å². The van der Waals surface area contributed by atoms with Crippen molar-refractivity contribution in [2.45, 2.75) is 26.8 Å². The van der Waals surface area contributed by atoms with Crippen LogP contribution >= 0.6 is 0 Å². The summed E-state index contributed by atoms with van der Waals surface area (Å²) in [6, 6.07) is 0. The highest BCUT2D eigenvalue weighted by Crippen LogP contribution is 2.08. The van der Waals surface area contributed by atoms with E-state index < -0.39 is 0 Å². The largest absolute Gasteiger partial charge is 0.383 e. The maximum absolute atomic E-state index is 5.08. The Hall–Kier alpha value is -1.20. The Morgan fingerprint density at radius 1 is 1.28 bits per heavy atom. The van der Waals surface area contributed by atoms with Gasteiger partial charge in [-0.3, -0.25) is 4.98 Å². The van der Waals surface area contributed by atoms with Gasteiger partial charge in [-0.2, -0.15) is 0 Å². The molecule has 5 heteroatoms. The van der Waals surface area contributed by atoms with E-state index >= 15 is 0 Å². The van der Waals surface area contributed by atoms with Crippen LogP contribution in [0.4, 0.5) is 5.82 Å². The summed E-state index contributed by atoms with van der Waals surface area (Å²) in [6.45, 7) is 8.50. The van der Waals surface area contributed by atoms with Crippen molar-refractivity contribution in [3.63, 3.8) is 0 Å². The maximum atomic E-state index is 5.08. The van der Waals surface area contributed by atoms with E-state index in [0.29, 0.717) is 6.61 Å². The number of nitrogens with zero attached hydrogens (tertiary/aromatic N) is 3. The van der Waals surface area contributed by atoms with Gasteiger partial charge in [0.25, 0.3) is 0 Å². The van der Waals surface area contributed by atoms with Gasteiger partial charge in [-0.15, -0.1) is 0 Å². The Bertz CT molecular complexity index is 315. The lowest BCUT2D eigenvalue weighted by molar-refractivity contribution is 0.205. The average molecular weight is 252 g/mol. The van der Waals surface area contributed by atoms with Crippen molar-refractivity contribution in [3.8, 4) is 0 Å². The predicted octanol–water partition coefficient (Wildman–Crippen LogP) is 1.45. The molecule has 0 radical (unpaired) electrons. The summed E-state index contributed by atoms with van der Waals surface area (Å²) in [6.07, 6.45) is 4.81. The van der Waals surface area contributed by atoms with Crippen LogP contribution in [0, 0.1) is 0 Å². The molecule has 0 saturated heterocycles. The summed E-state index contributed by atoms with van der Waals surface area (Å²) in [7, 11) is 1.71. The van der Waals surface area contributed by atoms with Crippen molar-refractivity contribution < 1.29 is 4.74 Å². The van der Waals surface area contributed by atoms with Gasteiger partial charge in [0.1, 0.15) is 5.82 Å². The molecular weight excluding hydrogens is 228 g/mol. The van der Waals surface area contributed by atoms with E-state index in [4.69, 9.17) is 4.74 Å². The predicted molar refractivity (Wildman–Crippen MR) is 73.8 cm³/mol. The molecule has 102 valence electrons. The lowest BCUT2D eigenvalue weighted by Gasteiger charge is -2.21. The number of hydrogen-bond donors (Lipinski definition) is 1. The number of methoxy groups -OCH3 is 1. The fraction of sp³-hybridized carbons (Fsp3) is 0.692. The van der Waals surface area contributed by atoms with Gasteiger partial charge in [-0.05, 0) is 19.9 Å². The van der Waals surface area contributed by atoms with Gasteiger partial charge >= 0.3 is 0 Å². The molecule has 0 aliphatic rings. The van der Waals surface area contributed by atoms with Crippen LogP contribution in [0.2, 0.25) is 0 Å². The fourth-order valence-corrected chi connectivity index (χ4v) is 1.63. The van der Waals surface area contributed by atoms with Crippen LogP contribution < -0.4 is 10.2 Å². The van der Waals surface area contributed by atoms with Crippen molar-refractivity contribution in [1.82, 2.24) is 15.3 Å². The van der Waals surface area contributed by atoms with Crippen LogP contribution in [0.5, 0.6) is 0 Å². The number of rotatable bonds is 9. The van der Waals surface area contributed by atoms with Gasteiger partial charge in [0.15, 0.2) is 0 Å². The fourth-order valence-electron chi connectivity index (χ4n) is 1.63. The molecular formula is C13H24N4O. The first-order valence-corrected chi connectivity index (χ1v) is 6.57. The summed E-state index contributed by atoms with van der Waals surface area (Å²) in [4.78, 5) is 11.0. The molecule has 1 heterocycles. The first kappa shape index (κ1) is 14.9. The molecule has 0 atom stereocenters. The molecule has 0 aliphatic carbocycles. The summed E-state index contributed by atoms with van der Waals surface area (Å²) < 4.78 is 5.08. The van der Waals surface area contributed by atoms with Crippen LogP contribution in [0.15, 0.2) is 12.4 Å². The van der Waals surface area contributed by atoms with E-state index in [-0.39, 0.29) is 0 Å². The third-order valence-corrected chi connectivity index (χ3v) is 2.70. The Labute approximate surface area is 110 Å².